The van der Waals surface area contributed by atoms with Crippen molar-refractivity contribution in [2.45, 2.75) is 75.4 Å². The Morgan fingerprint density at radius 1 is 0.639 bits per heavy atom. The largest absolute Gasteiger partial charge is 0.449 e. The first kappa shape index (κ1) is 52.8. The summed E-state index contributed by atoms with van der Waals surface area (Å²) in [5.41, 5.74) is 11.4. The Balaban J connectivity index is 0.000000391. The Kier molecular flexibility index (Phi) is 20.0. The Morgan fingerprint density at radius 2 is 1.02 bits per heavy atom. The predicted molar refractivity (Wildman–Crippen MR) is 220 cm³/mol. The Morgan fingerprint density at radius 3 is 1.36 bits per heavy atom. The van der Waals surface area contributed by atoms with Gasteiger partial charge in [-0.05, 0) is 62.3 Å². The Labute approximate surface area is 357 Å². The highest BCUT2D eigenvalue weighted by atomic mass is 35.5. The Hall–Kier alpha value is -4.38. The summed E-state index contributed by atoms with van der Waals surface area (Å²) in [6.45, 7) is 15.0. The maximum absolute atomic E-state index is 13.1. The first-order valence-corrected chi connectivity index (χ1v) is 22.2. The molecule has 0 aromatic carbocycles. The molecule has 4 heterocycles. The number of esters is 3. The maximum Gasteiger partial charge on any atom is 0.361 e. The summed E-state index contributed by atoms with van der Waals surface area (Å²) in [7, 11) is -8.07. The molecule has 0 aliphatic rings. The molecule has 4 rings (SSSR count). The lowest BCUT2D eigenvalue weighted by Gasteiger charge is -2.22. The fraction of sp³-hybridized carbons (Fsp3) is 0.618. The topological polar surface area (TPSA) is 330 Å². The summed E-state index contributed by atoms with van der Waals surface area (Å²) < 4.78 is 62.3. The van der Waals surface area contributed by atoms with Gasteiger partial charge in [0.2, 0.25) is 13.6 Å². The number of halogens is 1. The highest BCUT2D eigenvalue weighted by Gasteiger charge is 2.30. The van der Waals surface area contributed by atoms with E-state index < -0.39 is 69.7 Å². The number of anilines is 2. The summed E-state index contributed by atoms with van der Waals surface area (Å²) >= 11 is 5.16. The van der Waals surface area contributed by atoms with Crippen molar-refractivity contribution in [3.8, 4) is 0 Å². The van der Waals surface area contributed by atoms with Gasteiger partial charge in [0.05, 0.1) is 42.1 Å². The second-order valence-electron chi connectivity index (χ2n) is 15.7. The number of nitrogen functional groups attached to an aromatic ring is 2. The molecule has 0 fully saturated rings. The van der Waals surface area contributed by atoms with Gasteiger partial charge in [-0.3, -0.25) is 32.6 Å². The zero-order valence-corrected chi connectivity index (χ0v) is 38.0. The summed E-state index contributed by atoms with van der Waals surface area (Å²) in [6, 6.07) is -0.0594. The third-order valence-electron chi connectivity index (χ3n) is 7.22. The van der Waals surface area contributed by atoms with Crippen LogP contribution in [0.4, 0.5) is 11.6 Å². The minimum absolute atomic E-state index is 0.0594. The smallest absolute Gasteiger partial charge is 0.361 e. The van der Waals surface area contributed by atoms with Crippen molar-refractivity contribution in [1.82, 2.24) is 39.0 Å². The zero-order chi connectivity index (χ0) is 46.2. The lowest BCUT2D eigenvalue weighted by atomic mass is 9.98. The molecule has 342 valence electrons. The van der Waals surface area contributed by atoms with Crippen molar-refractivity contribution >= 4 is 78.7 Å². The molecular weight excluding hydrogens is 870 g/mol. The van der Waals surface area contributed by atoms with Gasteiger partial charge < -0.3 is 54.1 Å². The average molecular weight is 925 g/mol. The molecule has 0 saturated heterocycles. The summed E-state index contributed by atoms with van der Waals surface area (Å²) in [4.78, 5) is 75.9. The van der Waals surface area contributed by atoms with Crippen molar-refractivity contribution < 1.29 is 66.0 Å². The van der Waals surface area contributed by atoms with Gasteiger partial charge in [-0.1, -0.05) is 11.6 Å². The van der Waals surface area contributed by atoms with Crippen LogP contribution in [0, 0.1) is 16.2 Å². The molecule has 27 heteroatoms. The first-order chi connectivity index (χ1) is 28.2. The van der Waals surface area contributed by atoms with E-state index in [0.717, 1.165) is 0 Å². The lowest BCUT2D eigenvalue weighted by molar-refractivity contribution is -0.162. The van der Waals surface area contributed by atoms with Crippen LogP contribution in [0.1, 0.15) is 62.3 Å². The molecule has 0 atom stereocenters. The number of rotatable bonds is 17. The minimum atomic E-state index is -4.12. The predicted octanol–water partition coefficient (Wildman–Crippen LogP) is 4.03. The molecule has 24 nitrogen and oxygen atoms in total. The van der Waals surface area contributed by atoms with E-state index in [4.69, 9.17) is 60.9 Å². The fourth-order valence-electron chi connectivity index (χ4n) is 3.94. The highest BCUT2D eigenvalue weighted by molar-refractivity contribution is 7.53. The molecule has 6 N–H and O–H groups in total. The molecule has 0 radical (unpaired) electrons. The van der Waals surface area contributed by atoms with Crippen LogP contribution in [0.2, 0.25) is 0 Å². The maximum atomic E-state index is 13.1. The van der Waals surface area contributed by atoms with Crippen LogP contribution in [0.25, 0.3) is 22.3 Å². The molecule has 0 spiro atoms. The molecule has 0 amide bonds. The highest BCUT2D eigenvalue weighted by Crippen LogP contribution is 2.48. The second kappa shape index (κ2) is 23.2. The number of alkyl halides is 1. The number of nitrogens with zero attached hydrogens (tertiary/aromatic N) is 8. The quantitative estimate of drug-likeness (QED) is 0.0290. The standard InChI is InChI=1S/C20H32N5O8P.C8H12N5O4P.C6H11ClO2/c1-19(2,3)17(26)30-11-32-34(28,33-12-31-18(27)20(4,5)6)13-29-8-7-25-10-24-14-15(21)22-9-23-16(14)25;9-7-6-8(11-3-10-7)13(4-12-6)1-2-17-5-18(14,15)16;1-6(2,3)5(8)9-4-7/h9-10H,7-8,11-13H2,1-6H3,(H2,21,22,23);3-4H,1-2,5H2,(H2,9,10,11)(H2,14,15,16);4H2,1-3H3. The number of aromatic nitrogens is 8. The van der Waals surface area contributed by atoms with E-state index >= 15 is 0 Å². The van der Waals surface area contributed by atoms with Crippen molar-refractivity contribution in [3.05, 3.63) is 25.3 Å². The van der Waals surface area contributed by atoms with Gasteiger partial charge in [-0.2, -0.15) is 0 Å². The van der Waals surface area contributed by atoms with Gasteiger partial charge in [0.25, 0.3) is 0 Å². The van der Waals surface area contributed by atoms with E-state index in [1.54, 1.807) is 71.4 Å². The van der Waals surface area contributed by atoms with Crippen LogP contribution in [0.3, 0.4) is 0 Å². The van der Waals surface area contributed by atoms with E-state index in [0.29, 0.717) is 35.4 Å². The van der Waals surface area contributed by atoms with Crippen LogP contribution in [-0.4, -0.2) is 112 Å². The van der Waals surface area contributed by atoms with Gasteiger partial charge in [0.15, 0.2) is 29.0 Å². The summed E-state index contributed by atoms with van der Waals surface area (Å²) in [5.74, 6) is -0.822. The number of ether oxygens (including phenoxy) is 5. The molecule has 0 saturated carbocycles. The van der Waals surface area contributed by atoms with Crippen molar-refractivity contribution in [2.75, 3.05) is 57.0 Å². The number of hydrogen-bond donors (Lipinski definition) is 4. The number of hydrogen-bond acceptors (Lipinski definition) is 20. The van der Waals surface area contributed by atoms with E-state index in [2.05, 4.69) is 34.6 Å². The van der Waals surface area contributed by atoms with Gasteiger partial charge in [0.1, 0.15) is 36.4 Å². The van der Waals surface area contributed by atoms with Gasteiger partial charge >= 0.3 is 33.1 Å². The molecule has 0 unspecified atom stereocenters. The van der Waals surface area contributed by atoms with Gasteiger partial charge in [-0.25, -0.2) is 29.9 Å². The van der Waals surface area contributed by atoms with Gasteiger partial charge in [0, 0.05) is 13.1 Å². The van der Waals surface area contributed by atoms with E-state index in [1.807, 2.05) is 0 Å². The van der Waals surface area contributed by atoms with E-state index in [9.17, 15) is 23.5 Å². The van der Waals surface area contributed by atoms with Crippen molar-refractivity contribution in [1.29, 1.82) is 0 Å². The number of carbonyl (C=O) groups excluding carboxylic acids is 3. The number of imidazole rings is 2. The Bertz CT molecular complexity index is 2110. The molecule has 61 heavy (non-hydrogen) atoms. The monoisotopic (exact) mass is 924 g/mol. The fourth-order valence-corrected chi connectivity index (χ4v) is 5.41. The van der Waals surface area contributed by atoms with Crippen molar-refractivity contribution in [3.63, 3.8) is 0 Å². The van der Waals surface area contributed by atoms with Crippen LogP contribution < -0.4 is 11.5 Å². The lowest BCUT2D eigenvalue weighted by Crippen LogP contribution is -2.25. The first-order valence-electron chi connectivity index (χ1n) is 18.2. The summed E-state index contributed by atoms with van der Waals surface area (Å²) in [6.07, 6.45) is 4.63. The number of carbonyl (C=O) groups is 3. The SMILES string of the molecule is CC(C)(C)C(=O)OCCl.CC(C)(C)C(=O)OCOP(=O)(COCCn1cnc2c(N)ncnc21)OCOC(=O)C(C)(C)C.Nc1ncnc2c1ncn2CCOCP(=O)(O)O. The third kappa shape index (κ3) is 18.6. The van der Waals surface area contributed by atoms with E-state index in [-0.39, 0.29) is 36.9 Å². The molecule has 0 bridgehead atoms. The molecule has 4 aromatic rings. The van der Waals surface area contributed by atoms with Crippen LogP contribution in [-0.2, 0) is 69.3 Å². The second-order valence-corrected chi connectivity index (χ2v) is 19.5. The number of nitrogens with two attached hydrogens (primary N) is 2. The molecule has 4 aromatic heterocycles. The van der Waals surface area contributed by atoms with Crippen LogP contribution in [0.15, 0.2) is 25.3 Å². The summed E-state index contributed by atoms with van der Waals surface area (Å²) in [5, 5.41) is 0. The molecular formula is C34H55ClN10O14P2. The zero-order valence-electron chi connectivity index (χ0n) is 35.5. The van der Waals surface area contributed by atoms with Crippen LogP contribution in [0.5, 0.6) is 0 Å². The van der Waals surface area contributed by atoms with E-state index in [1.165, 1.54) is 25.3 Å². The molecule has 0 aliphatic carbocycles. The third-order valence-corrected chi connectivity index (χ3v) is 9.35. The average Bonchev–Trinajstić information content (AvgIpc) is 3.77. The van der Waals surface area contributed by atoms with Gasteiger partial charge in [-0.15, -0.1) is 0 Å². The number of fused-ring (bicyclic) bond motifs is 2. The van der Waals surface area contributed by atoms with Crippen molar-refractivity contribution in [2.24, 2.45) is 16.2 Å². The minimum Gasteiger partial charge on any atom is -0.449 e. The normalized spacial score (nSPS) is 12.3. The van der Waals surface area contributed by atoms with Crippen LogP contribution >= 0.6 is 26.8 Å². The molecule has 0 aliphatic heterocycles.